The van der Waals surface area contributed by atoms with Gasteiger partial charge in [-0.2, -0.15) is 10.2 Å². The van der Waals surface area contributed by atoms with Crippen molar-refractivity contribution in [2.45, 2.75) is 38.9 Å². The van der Waals surface area contributed by atoms with E-state index < -0.39 is 11.2 Å². The predicted octanol–water partition coefficient (Wildman–Crippen LogP) is 2.53. The van der Waals surface area contributed by atoms with E-state index >= 15 is 0 Å². The fourth-order valence-corrected chi connectivity index (χ4v) is 3.42. The van der Waals surface area contributed by atoms with Crippen LogP contribution in [-0.4, -0.2) is 72.9 Å². The van der Waals surface area contributed by atoms with E-state index in [9.17, 15) is 4.79 Å². The Kier molecular flexibility index (Phi) is 5.34. The Hall–Kier alpha value is -3.14. The summed E-state index contributed by atoms with van der Waals surface area (Å²) in [4.78, 5) is 18.8. The van der Waals surface area contributed by atoms with Gasteiger partial charge in [-0.1, -0.05) is 0 Å². The highest BCUT2D eigenvalue weighted by Crippen LogP contribution is 2.26. The maximum absolute atomic E-state index is 12.5. The number of morpholine rings is 1. The second-order valence-corrected chi connectivity index (χ2v) is 8.98. The molecule has 4 rings (SSSR count). The van der Waals surface area contributed by atoms with Crippen LogP contribution in [0.2, 0.25) is 0 Å². The van der Waals surface area contributed by atoms with Crippen LogP contribution in [0, 0.1) is 0 Å². The molecule has 0 radical (unpaired) electrons. The standard InChI is InChI=1S/C21H28N6O4/c1-20(2,3)31-19(28)26-8-9-30-21(4,13-26)14-29-18-17-6-7-22-27(17)12-16(24-18)15-10-23-25(5)11-15/h6-7,10-12H,8-9,13-14H2,1-5H3/t21-/m0/s1. The van der Waals surface area contributed by atoms with Crippen molar-refractivity contribution in [2.75, 3.05) is 26.3 Å². The highest BCUT2D eigenvalue weighted by Gasteiger charge is 2.37. The molecule has 0 unspecified atom stereocenters. The molecule has 10 nitrogen and oxygen atoms in total. The fourth-order valence-electron chi connectivity index (χ4n) is 3.42. The molecule has 0 spiro atoms. The average Bonchev–Trinajstić information content (AvgIpc) is 3.33. The number of carbonyl (C=O) groups excluding carboxylic acids is 1. The van der Waals surface area contributed by atoms with E-state index in [4.69, 9.17) is 14.2 Å². The molecule has 1 aliphatic rings. The number of ether oxygens (including phenoxy) is 3. The molecule has 0 aromatic carbocycles. The van der Waals surface area contributed by atoms with Crippen molar-refractivity contribution >= 4 is 11.6 Å². The first kappa shape index (κ1) is 21.1. The molecule has 166 valence electrons. The van der Waals surface area contributed by atoms with Crippen LogP contribution in [0.5, 0.6) is 5.88 Å². The lowest BCUT2D eigenvalue weighted by atomic mass is 10.1. The number of aromatic nitrogens is 5. The van der Waals surface area contributed by atoms with E-state index in [0.717, 1.165) is 11.1 Å². The zero-order valence-electron chi connectivity index (χ0n) is 18.5. The monoisotopic (exact) mass is 428 g/mol. The van der Waals surface area contributed by atoms with Crippen LogP contribution in [-0.2, 0) is 16.5 Å². The zero-order chi connectivity index (χ0) is 22.2. The summed E-state index contributed by atoms with van der Waals surface area (Å²) in [5.74, 6) is 0.443. The Labute approximate surface area is 180 Å². The van der Waals surface area contributed by atoms with Crippen LogP contribution in [0.15, 0.2) is 30.9 Å². The molecule has 0 saturated carbocycles. The minimum absolute atomic E-state index is 0.219. The number of nitrogens with zero attached hydrogens (tertiary/aromatic N) is 6. The Bertz CT molecular complexity index is 1090. The summed E-state index contributed by atoms with van der Waals surface area (Å²) in [6.07, 6.45) is 6.80. The Morgan fingerprint density at radius 3 is 2.81 bits per heavy atom. The van der Waals surface area contributed by atoms with Gasteiger partial charge in [0.2, 0.25) is 5.88 Å². The number of carbonyl (C=O) groups is 1. The van der Waals surface area contributed by atoms with Crippen molar-refractivity contribution in [1.82, 2.24) is 29.3 Å². The van der Waals surface area contributed by atoms with Crippen molar-refractivity contribution in [3.63, 3.8) is 0 Å². The summed E-state index contributed by atoms with van der Waals surface area (Å²) in [7, 11) is 1.85. The normalized spacial score (nSPS) is 19.6. The minimum atomic E-state index is -0.696. The molecule has 1 saturated heterocycles. The van der Waals surface area contributed by atoms with Crippen molar-refractivity contribution < 1.29 is 19.0 Å². The SMILES string of the molecule is Cn1cc(-c2cn3nccc3c(OC[C@]3(C)CN(C(=O)OC(C)(C)C)CCO3)n2)cn1. The van der Waals surface area contributed by atoms with Gasteiger partial charge in [-0.3, -0.25) is 4.68 Å². The predicted molar refractivity (Wildman–Crippen MR) is 113 cm³/mol. The van der Waals surface area contributed by atoms with E-state index in [-0.39, 0.29) is 12.7 Å². The lowest BCUT2D eigenvalue weighted by Gasteiger charge is -2.40. The van der Waals surface area contributed by atoms with Gasteiger partial charge >= 0.3 is 6.09 Å². The second-order valence-electron chi connectivity index (χ2n) is 8.98. The first-order chi connectivity index (χ1) is 14.6. The Balaban J connectivity index is 1.51. The highest BCUT2D eigenvalue weighted by molar-refractivity contribution is 5.68. The molecule has 0 N–H and O–H groups in total. The number of aryl methyl sites for hydroxylation is 1. The maximum atomic E-state index is 12.5. The van der Waals surface area contributed by atoms with Crippen LogP contribution < -0.4 is 4.74 Å². The van der Waals surface area contributed by atoms with Crippen LogP contribution in [0.1, 0.15) is 27.7 Å². The molecule has 3 aromatic heterocycles. The maximum Gasteiger partial charge on any atom is 0.410 e. The minimum Gasteiger partial charge on any atom is -0.473 e. The van der Waals surface area contributed by atoms with Crippen molar-refractivity contribution in [3.05, 3.63) is 30.9 Å². The first-order valence-corrected chi connectivity index (χ1v) is 10.2. The summed E-state index contributed by atoms with van der Waals surface area (Å²) in [6.45, 7) is 8.94. The first-order valence-electron chi connectivity index (χ1n) is 10.2. The van der Waals surface area contributed by atoms with Gasteiger partial charge in [-0.25, -0.2) is 14.3 Å². The summed E-state index contributed by atoms with van der Waals surface area (Å²) in [5, 5.41) is 8.53. The highest BCUT2D eigenvalue weighted by atomic mass is 16.6. The molecular formula is C21H28N6O4. The summed E-state index contributed by atoms with van der Waals surface area (Å²) < 4.78 is 21.0. The topological polar surface area (TPSA) is 96.0 Å². The third-order valence-electron chi connectivity index (χ3n) is 4.86. The van der Waals surface area contributed by atoms with E-state index in [1.807, 2.05) is 53.2 Å². The van der Waals surface area contributed by atoms with Crippen molar-refractivity contribution in [3.8, 4) is 17.1 Å². The summed E-state index contributed by atoms with van der Waals surface area (Å²) in [5.41, 5.74) is 1.06. The molecule has 0 aliphatic carbocycles. The van der Waals surface area contributed by atoms with Crippen LogP contribution >= 0.6 is 0 Å². The van der Waals surface area contributed by atoms with E-state index in [1.54, 1.807) is 26.5 Å². The smallest absolute Gasteiger partial charge is 0.410 e. The van der Waals surface area contributed by atoms with Crippen LogP contribution in [0.25, 0.3) is 16.8 Å². The zero-order valence-corrected chi connectivity index (χ0v) is 18.5. The number of fused-ring (bicyclic) bond motifs is 1. The number of amides is 1. The van der Waals surface area contributed by atoms with Gasteiger partial charge in [0.15, 0.2) is 0 Å². The Morgan fingerprint density at radius 2 is 2.10 bits per heavy atom. The quantitative estimate of drug-likeness (QED) is 0.630. The average molecular weight is 428 g/mol. The molecule has 1 fully saturated rings. The molecule has 0 bridgehead atoms. The molecule has 1 amide bonds. The fraction of sp³-hybridized carbons (Fsp3) is 0.524. The molecule has 3 aromatic rings. The van der Waals surface area contributed by atoms with Gasteiger partial charge in [0.05, 0.1) is 37.4 Å². The number of hydrogen-bond donors (Lipinski definition) is 0. The van der Waals surface area contributed by atoms with Gasteiger partial charge in [-0.15, -0.1) is 0 Å². The van der Waals surface area contributed by atoms with Crippen LogP contribution in [0.4, 0.5) is 4.79 Å². The van der Waals surface area contributed by atoms with Crippen molar-refractivity contribution in [2.24, 2.45) is 7.05 Å². The van der Waals surface area contributed by atoms with Crippen molar-refractivity contribution in [1.29, 1.82) is 0 Å². The Morgan fingerprint density at radius 1 is 1.29 bits per heavy atom. The lowest BCUT2D eigenvalue weighted by Crippen LogP contribution is -2.55. The number of rotatable bonds is 4. The van der Waals surface area contributed by atoms with E-state index in [0.29, 0.717) is 31.3 Å². The van der Waals surface area contributed by atoms with Gasteiger partial charge in [0.1, 0.15) is 23.3 Å². The summed E-state index contributed by atoms with van der Waals surface area (Å²) in [6, 6.07) is 1.84. The largest absolute Gasteiger partial charge is 0.473 e. The molecular weight excluding hydrogens is 400 g/mol. The van der Waals surface area contributed by atoms with Gasteiger partial charge in [0, 0.05) is 25.4 Å². The number of hydrogen-bond acceptors (Lipinski definition) is 7. The van der Waals surface area contributed by atoms with Gasteiger partial charge < -0.3 is 19.1 Å². The van der Waals surface area contributed by atoms with E-state index in [1.165, 1.54) is 0 Å². The molecule has 1 atom stereocenters. The molecule has 10 heteroatoms. The third-order valence-corrected chi connectivity index (χ3v) is 4.86. The molecule has 4 heterocycles. The lowest BCUT2D eigenvalue weighted by molar-refractivity contribution is -0.116. The summed E-state index contributed by atoms with van der Waals surface area (Å²) >= 11 is 0. The van der Waals surface area contributed by atoms with E-state index in [2.05, 4.69) is 15.2 Å². The molecule has 1 aliphatic heterocycles. The van der Waals surface area contributed by atoms with Crippen LogP contribution in [0.3, 0.4) is 0 Å². The van der Waals surface area contributed by atoms with Gasteiger partial charge in [0.25, 0.3) is 0 Å². The molecule has 31 heavy (non-hydrogen) atoms. The third kappa shape index (κ3) is 4.79. The second kappa shape index (κ2) is 7.84. The van der Waals surface area contributed by atoms with Gasteiger partial charge in [-0.05, 0) is 33.8 Å².